The topological polar surface area (TPSA) is 14.8 Å². The van der Waals surface area contributed by atoms with Crippen LogP contribution in [0.2, 0.25) is 0 Å². The van der Waals surface area contributed by atoms with Gasteiger partial charge < -0.3 is 13.7 Å². The van der Waals surface area contributed by atoms with Gasteiger partial charge in [-0.25, -0.2) is 0 Å². The van der Waals surface area contributed by atoms with Crippen molar-refractivity contribution < 1.29 is 52.1 Å². The van der Waals surface area contributed by atoms with Crippen molar-refractivity contribution in [3.63, 3.8) is 0 Å². The summed E-state index contributed by atoms with van der Waals surface area (Å²) in [6.45, 7) is 0. The van der Waals surface area contributed by atoms with Gasteiger partial charge in [-0.1, -0.05) is 163 Å². The maximum Gasteiger partial charge on any atom is 0.0782 e. The first-order valence-corrected chi connectivity index (χ1v) is 18.6. The Labute approximate surface area is 418 Å². The molecule has 0 aliphatic rings. The molecule has 3 heteroatoms. The molecule has 63 heavy (non-hydrogen) atoms. The Morgan fingerprint density at radius 1 is 0.254 bits per heavy atom. The second-order valence-electron chi connectivity index (χ2n) is 13.6. The zero-order valence-corrected chi connectivity index (χ0v) is 31.4. The van der Waals surface area contributed by atoms with Crippen molar-refractivity contribution in [1.29, 1.82) is 0 Å². The van der Waals surface area contributed by atoms with Crippen LogP contribution in [0.4, 0.5) is 0 Å². The van der Waals surface area contributed by atoms with Crippen molar-refractivity contribution in [3.05, 3.63) is 236 Å². The van der Waals surface area contributed by atoms with Gasteiger partial charge in [0.2, 0.25) is 0 Å². The Balaban J connectivity index is 1.32. The number of hydrogen-bond acceptors (Lipinski definition) is 0. The summed E-state index contributed by atoms with van der Waals surface area (Å²) in [5.74, 6) is 0. The summed E-state index contributed by atoms with van der Waals surface area (Å²) in [6, 6.07) is -39.4. The predicted molar refractivity (Wildman–Crippen MR) is 266 cm³/mol. The van der Waals surface area contributed by atoms with Crippen LogP contribution in [0.3, 0.4) is 0 Å². The standard InChI is InChI=1S/C60H39N3/c1-3-17-40(18-4-1)42-21-15-22-43(35-42)45-36-44(41-19-5-2-6-20-41)37-47(38-45)62-56-30-13-9-25-50(56)52-27-16-32-59(60(52)62)63-57-31-14-10-26-51(57)53-39-46(33-34-58(53)63)61-54-28-11-7-23-48(54)49-24-8-12-29-55(49)61/h1-39H/i1D,2D,3D,4D,5D,6D,7D,8D,9D,10D,11D,12D,13D,14D,15D,16D,17D,18D,19D,20D,21D,22D,23D,24D,25D,26D,27D,28D,29D,30D,31D,32D,33D,34D,36D,37D,38D,39D. The number of aromatic nitrogens is 3. The Bertz CT molecular complexity index is 6040. The van der Waals surface area contributed by atoms with Gasteiger partial charge in [-0.3, -0.25) is 0 Å². The maximum absolute atomic E-state index is 10.4. The summed E-state index contributed by atoms with van der Waals surface area (Å²) in [6.07, 6.45) is 0. The molecule has 294 valence electrons. The van der Waals surface area contributed by atoms with Crippen LogP contribution in [-0.4, -0.2) is 13.7 Å². The van der Waals surface area contributed by atoms with Crippen LogP contribution in [0.1, 0.15) is 52.1 Å². The monoisotopic (exact) mass is 840 g/mol. The Morgan fingerprint density at radius 2 is 0.683 bits per heavy atom. The van der Waals surface area contributed by atoms with Crippen LogP contribution in [0.15, 0.2) is 236 Å². The van der Waals surface area contributed by atoms with E-state index in [1.165, 1.54) is 0 Å². The number of fused-ring (bicyclic) bond motifs is 9. The maximum atomic E-state index is 10.4. The van der Waals surface area contributed by atoms with Gasteiger partial charge in [0.05, 0.1) is 90.9 Å². The summed E-state index contributed by atoms with van der Waals surface area (Å²) in [7, 11) is 0. The molecule has 0 bridgehead atoms. The highest BCUT2D eigenvalue weighted by Gasteiger charge is 2.22. The van der Waals surface area contributed by atoms with E-state index in [9.17, 15) is 24.7 Å². The van der Waals surface area contributed by atoms with E-state index in [2.05, 4.69) is 0 Å². The minimum Gasteiger partial charge on any atom is -0.309 e. The van der Waals surface area contributed by atoms with Crippen molar-refractivity contribution in [2.45, 2.75) is 0 Å². The minimum atomic E-state index is -1.30. The molecule has 0 fully saturated rings. The normalized spacial score (nSPS) is 20.3. The van der Waals surface area contributed by atoms with Gasteiger partial charge >= 0.3 is 0 Å². The smallest absolute Gasteiger partial charge is 0.0782 e. The average molecular weight is 840 g/mol. The highest BCUT2D eigenvalue weighted by molar-refractivity contribution is 6.16. The van der Waals surface area contributed by atoms with E-state index in [4.69, 9.17) is 27.4 Å². The quantitative estimate of drug-likeness (QED) is 0.158. The highest BCUT2D eigenvalue weighted by Crippen LogP contribution is 2.42. The van der Waals surface area contributed by atoms with E-state index in [0.29, 0.717) is 13.7 Å². The third-order valence-corrected chi connectivity index (χ3v) is 10.3. The summed E-state index contributed by atoms with van der Waals surface area (Å²) in [4.78, 5) is 0. The lowest BCUT2D eigenvalue weighted by Crippen LogP contribution is -2.01. The first-order valence-electron chi connectivity index (χ1n) is 37.6. The fourth-order valence-electron chi connectivity index (χ4n) is 7.66. The minimum absolute atomic E-state index is 0.560. The molecule has 0 spiro atoms. The molecule has 10 aromatic carbocycles. The van der Waals surface area contributed by atoms with Crippen molar-refractivity contribution >= 4 is 65.4 Å². The van der Waals surface area contributed by atoms with Gasteiger partial charge in [0.1, 0.15) is 0 Å². The molecule has 13 rings (SSSR count). The molecule has 13 aromatic rings. The largest absolute Gasteiger partial charge is 0.309 e. The molecule has 0 atom stereocenters. The van der Waals surface area contributed by atoms with Gasteiger partial charge in [0, 0.05) is 43.7 Å². The summed E-state index contributed by atoms with van der Waals surface area (Å²) in [5, 5.41) is -4.37. The van der Waals surface area contributed by atoms with E-state index < -0.39 is 345 Å². The lowest BCUT2D eigenvalue weighted by atomic mass is 9.95. The number of nitrogens with zero attached hydrogens (tertiary/aromatic N) is 3. The molecule has 0 saturated carbocycles. The molecular weight excluding hydrogens is 763 g/mol. The van der Waals surface area contributed by atoms with Crippen molar-refractivity contribution in [3.8, 4) is 50.4 Å². The number of rotatable bonds is 6. The molecule has 0 amide bonds. The van der Waals surface area contributed by atoms with Crippen molar-refractivity contribution in [2.75, 3.05) is 0 Å². The van der Waals surface area contributed by atoms with Gasteiger partial charge in [0.15, 0.2) is 0 Å². The summed E-state index contributed by atoms with van der Waals surface area (Å²) >= 11 is 0. The van der Waals surface area contributed by atoms with Gasteiger partial charge in [-0.2, -0.15) is 0 Å². The van der Waals surface area contributed by atoms with Crippen LogP contribution in [0.25, 0.3) is 116 Å². The van der Waals surface area contributed by atoms with Gasteiger partial charge in [-0.15, -0.1) is 0 Å². The lowest BCUT2D eigenvalue weighted by molar-refractivity contribution is 1.13. The van der Waals surface area contributed by atoms with Crippen molar-refractivity contribution in [2.24, 2.45) is 0 Å². The van der Waals surface area contributed by atoms with E-state index in [1.807, 2.05) is 0 Å². The number of para-hydroxylation sites is 5. The molecule has 0 radical (unpaired) electrons. The molecule has 3 aromatic heterocycles. The van der Waals surface area contributed by atoms with Crippen molar-refractivity contribution in [1.82, 2.24) is 13.7 Å². The molecule has 0 saturated heterocycles. The Morgan fingerprint density at radius 3 is 1.32 bits per heavy atom. The number of benzene rings is 10. The summed E-state index contributed by atoms with van der Waals surface area (Å²) in [5.41, 5.74) is -13.6. The first-order chi connectivity index (χ1) is 47.1. The molecule has 0 N–H and O–H groups in total. The van der Waals surface area contributed by atoms with E-state index >= 15 is 0 Å². The zero-order valence-electron chi connectivity index (χ0n) is 69.4. The highest BCUT2D eigenvalue weighted by atomic mass is 15.1. The molecule has 0 unspecified atom stereocenters. The van der Waals surface area contributed by atoms with Gasteiger partial charge in [-0.05, 0) is 106 Å². The van der Waals surface area contributed by atoms with Crippen LogP contribution >= 0.6 is 0 Å². The Kier molecular flexibility index (Phi) is 3.21. The second-order valence-corrected chi connectivity index (χ2v) is 13.6. The molecule has 3 nitrogen and oxygen atoms in total. The first kappa shape index (κ1) is 14.3. The SMILES string of the molecule is [2H]c1c(-c2c([2H])c([2H])c([2H])c([2H])c2[2H])cc(-c2c([2H])c(-c3c([2H])c([2H])c([2H])c([2H])c3[2H])c([2H])c(-n3c4c([2H])c([2H])c([2H])c([2H])c4c4c([2H])c([2H])c([2H])c(-n5c6c([2H])c([2H])c([2H])c([2H])c6c6c([2H])c(-n7c8c([2H])c([2H])c([2H])c([2H])c8c8c([2H])c([2H])c([2H])c([2H])c87)c([2H])c([2H])c65)c43)c2[2H])c([2H])c1[2H]. The predicted octanol–water partition coefficient (Wildman–Crippen LogP) is 16.0. The molecule has 0 aliphatic carbocycles. The Hall–Kier alpha value is -8.40. The third-order valence-electron chi connectivity index (χ3n) is 10.3. The van der Waals surface area contributed by atoms with Gasteiger partial charge in [0.25, 0.3) is 0 Å². The number of hydrogen-bond donors (Lipinski definition) is 0. The molecular formula is C60H39N3. The van der Waals surface area contributed by atoms with Crippen LogP contribution in [0, 0.1) is 0 Å². The summed E-state index contributed by atoms with van der Waals surface area (Å²) < 4.78 is 354. The van der Waals surface area contributed by atoms with Crippen LogP contribution in [-0.2, 0) is 0 Å². The average Bonchev–Trinajstić information content (AvgIpc) is 1.52. The van der Waals surface area contributed by atoms with Crippen LogP contribution < -0.4 is 0 Å². The van der Waals surface area contributed by atoms with Crippen LogP contribution in [0.5, 0.6) is 0 Å². The lowest BCUT2D eigenvalue weighted by Gasteiger charge is -2.17. The molecule has 3 heterocycles. The fraction of sp³-hybridized carbons (Fsp3) is 0. The fourth-order valence-corrected chi connectivity index (χ4v) is 7.66. The molecule has 0 aliphatic heterocycles. The van der Waals surface area contributed by atoms with E-state index in [-0.39, 0.29) is 0 Å². The third kappa shape index (κ3) is 5.53. The van der Waals surface area contributed by atoms with E-state index in [0.717, 1.165) is 6.07 Å². The second kappa shape index (κ2) is 14.1. The van der Waals surface area contributed by atoms with E-state index in [1.54, 1.807) is 0 Å². The zero-order chi connectivity index (χ0) is 74.5.